The molecular formula is C12H15ClN2O5. The number of carboxylic acids is 1. The van der Waals surface area contributed by atoms with Gasteiger partial charge in [-0.15, -0.1) is 0 Å². The van der Waals surface area contributed by atoms with Crippen molar-refractivity contribution in [1.82, 2.24) is 5.32 Å². The second kappa shape index (κ2) is 7.56. The van der Waals surface area contributed by atoms with Crippen molar-refractivity contribution >= 4 is 29.3 Å². The predicted octanol–water partition coefficient (Wildman–Crippen LogP) is 1.57. The van der Waals surface area contributed by atoms with Gasteiger partial charge in [0, 0.05) is 12.8 Å². The molecule has 0 aliphatic heterocycles. The van der Waals surface area contributed by atoms with E-state index in [2.05, 4.69) is 15.4 Å². The molecule has 110 valence electrons. The first-order valence-corrected chi connectivity index (χ1v) is 5.99. The van der Waals surface area contributed by atoms with Crippen LogP contribution in [-0.4, -0.2) is 44.0 Å². The van der Waals surface area contributed by atoms with E-state index in [1.54, 1.807) is 12.1 Å². The Balaban J connectivity index is 2.54. The smallest absolute Gasteiger partial charge is 0.334 e. The minimum atomic E-state index is -1.15. The summed E-state index contributed by atoms with van der Waals surface area (Å²) in [6, 6.07) is 4.17. The first-order valence-electron chi connectivity index (χ1n) is 5.62. The highest BCUT2D eigenvalue weighted by atomic mass is 35.5. The quantitative estimate of drug-likeness (QED) is 0.741. The molecule has 1 atom stereocenters. The summed E-state index contributed by atoms with van der Waals surface area (Å²) >= 11 is 5.91. The molecule has 1 aromatic carbocycles. The SMILES string of the molecule is COc1ccc(NC(=O)NCC(OC)C(=O)O)cc1Cl. The van der Waals surface area contributed by atoms with E-state index in [9.17, 15) is 9.59 Å². The molecule has 3 N–H and O–H groups in total. The zero-order chi connectivity index (χ0) is 15.1. The van der Waals surface area contributed by atoms with E-state index >= 15 is 0 Å². The van der Waals surface area contributed by atoms with Gasteiger partial charge in [0.1, 0.15) is 5.75 Å². The highest BCUT2D eigenvalue weighted by molar-refractivity contribution is 6.32. The minimum Gasteiger partial charge on any atom is -0.495 e. The number of rotatable bonds is 6. The summed E-state index contributed by atoms with van der Waals surface area (Å²) in [5, 5.41) is 14.0. The van der Waals surface area contributed by atoms with Gasteiger partial charge in [0.25, 0.3) is 0 Å². The number of methoxy groups -OCH3 is 2. The third-order valence-corrected chi connectivity index (χ3v) is 2.71. The normalized spacial score (nSPS) is 11.6. The zero-order valence-electron chi connectivity index (χ0n) is 11.0. The van der Waals surface area contributed by atoms with Crippen LogP contribution in [0.4, 0.5) is 10.5 Å². The summed E-state index contributed by atoms with van der Waals surface area (Å²) < 4.78 is 9.66. The summed E-state index contributed by atoms with van der Waals surface area (Å²) in [5.74, 6) is -0.664. The Morgan fingerprint density at radius 2 is 2.10 bits per heavy atom. The number of urea groups is 1. The number of hydrogen-bond acceptors (Lipinski definition) is 4. The maximum Gasteiger partial charge on any atom is 0.334 e. The molecule has 0 saturated carbocycles. The molecule has 0 aromatic heterocycles. The molecule has 1 aromatic rings. The van der Waals surface area contributed by atoms with Crippen LogP contribution < -0.4 is 15.4 Å². The van der Waals surface area contributed by atoms with Crippen LogP contribution in [0.15, 0.2) is 18.2 Å². The Morgan fingerprint density at radius 1 is 1.40 bits per heavy atom. The van der Waals surface area contributed by atoms with Crippen molar-refractivity contribution in [2.75, 3.05) is 26.1 Å². The van der Waals surface area contributed by atoms with E-state index in [0.29, 0.717) is 16.5 Å². The van der Waals surface area contributed by atoms with Gasteiger partial charge in [-0.3, -0.25) is 0 Å². The number of halogens is 1. The van der Waals surface area contributed by atoms with Crippen LogP contribution in [0, 0.1) is 0 Å². The fourth-order valence-electron chi connectivity index (χ4n) is 1.38. The highest BCUT2D eigenvalue weighted by Crippen LogP contribution is 2.27. The van der Waals surface area contributed by atoms with Crippen molar-refractivity contribution in [3.8, 4) is 5.75 Å². The lowest BCUT2D eigenvalue weighted by Crippen LogP contribution is -2.39. The second-order valence-electron chi connectivity index (χ2n) is 3.75. The summed E-state index contributed by atoms with van der Waals surface area (Å²) in [4.78, 5) is 22.3. The number of amides is 2. The molecule has 0 saturated heterocycles. The van der Waals surface area contributed by atoms with Crippen molar-refractivity contribution in [1.29, 1.82) is 0 Å². The van der Waals surface area contributed by atoms with Crippen molar-refractivity contribution in [3.63, 3.8) is 0 Å². The first kappa shape index (κ1) is 16.1. The topological polar surface area (TPSA) is 96.9 Å². The van der Waals surface area contributed by atoms with Gasteiger partial charge in [0.2, 0.25) is 0 Å². The van der Waals surface area contributed by atoms with Crippen LogP contribution in [0.2, 0.25) is 5.02 Å². The van der Waals surface area contributed by atoms with Crippen molar-refractivity contribution in [3.05, 3.63) is 23.2 Å². The van der Waals surface area contributed by atoms with E-state index in [1.807, 2.05) is 0 Å². The van der Waals surface area contributed by atoms with Gasteiger partial charge in [0.15, 0.2) is 6.10 Å². The molecule has 8 heteroatoms. The summed E-state index contributed by atoms with van der Waals surface area (Å²) in [6.45, 7) is -0.151. The lowest BCUT2D eigenvalue weighted by molar-refractivity contribution is -0.147. The molecule has 1 rings (SSSR count). The van der Waals surface area contributed by atoms with Gasteiger partial charge in [0.05, 0.1) is 18.7 Å². The fourth-order valence-corrected chi connectivity index (χ4v) is 1.63. The zero-order valence-corrected chi connectivity index (χ0v) is 11.7. The average Bonchev–Trinajstić information content (AvgIpc) is 2.39. The summed E-state index contributed by atoms with van der Waals surface area (Å²) in [5.41, 5.74) is 0.456. The number of benzene rings is 1. The summed E-state index contributed by atoms with van der Waals surface area (Å²) in [7, 11) is 2.74. The first-order chi connectivity index (χ1) is 9.47. The standard InChI is InChI=1S/C12H15ClN2O5/c1-19-9-4-3-7(5-8(9)13)15-12(18)14-6-10(20-2)11(16)17/h3-5,10H,6H2,1-2H3,(H,16,17)(H2,14,15,18). The lowest BCUT2D eigenvalue weighted by Gasteiger charge is -2.12. The van der Waals surface area contributed by atoms with E-state index in [-0.39, 0.29) is 6.54 Å². The Morgan fingerprint density at radius 3 is 2.60 bits per heavy atom. The second-order valence-corrected chi connectivity index (χ2v) is 4.15. The molecule has 0 spiro atoms. The third-order valence-electron chi connectivity index (χ3n) is 2.42. The van der Waals surface area contributed by atoms with Crippen molar-refractivity contribution in [2.24, 2.45) is 0 Å². The van der Waals surface area contributed by atoms with Gasteiger partial charge < -0.3 is 25.2 Å². The van der Waals surface area contributed by atoms with Gasteiger partial charge in [-0.2, -0.15) is 0 Å². The monoisotopic (exact) mass is 302 g/mol. The Kier molecular flexibility index (Phi) is 6.08. The van der Waals surface area contributed by atoms with Crippen LogP contribution >= 0.6 is 11.6 Å². The molecule has 0 heterocycles. The van der Waals surface area contributed by atoms with Gasteiger partial charge >= 0.3 is 12.0 Å². The van der Waals surface area contributed by atoms with E-state index < -0.39 is 18.1 Å². The molecule has 20 heavy (non-hydrogen) atoms. The number of ether oxygens (including phenoxy) is 2. The van der Waals surface area contributed by atoms with Crippen LogP contribution in [0.1, 0.15) is 0 Å². The molecule has 0 aliphatic carbocycles. The van der Waals surface area contributed by atoms with Crippen LogP contribution in [0.5, 0.6) is 5.75 Å². The lowest BCUT2D eigenvalue weighted by atomic mass is 10.3. The fraction of sp³-hybridized carbons (Fsp3) is 0.333. The molecule has 0 bridgehead atoms. The summed E-state index contributed by atoms with van der Waals surface area (Å²) in [6.07, 6.45) is -1.10. The van der Waals surface area contributed by atoms with Crippen molar-refractivity contribution < 1.29 is 24.2 Å². The Hall–Kier alpha value is -1.99. The maximum absolute atomic E-state index is 11.6. The number of carbonyl (C=O) groups is 2. The molecular weight excluding hydrogens is 288 g/mol. The van der Waals surface area contributed by atoms with Gasteiger partial charge in [-0.05, 0) is 18.2 Å². The minimum absolute atomic E-state index is 0.151. The number of carbonyl (C=O) groups excluding carboxylic acids is 1. The Bertz CT molecular complexity index is 495. The number of aliphatic carboxylic acids is 1. The number of carboxylic acid groups (broad SMARTS) is 1. The largest absolute Gasteiger partial charge is 0.495 e. The van der Waals surface area contributed by atoms with Gasteiger partial charge in [-0.25, -0.2) is 9.59 Å². The average molecular weight is 303 g/mol. The van der Waals surface area contributed by atoms with E-state index in [4.69, 9.17) is 21.4 Å². The predicted molar refractivity (Wildman–Crippen MR) is 73.5 cm³/mol. The maximum atomic E-state index is 11.6. The molecule has 2 amide bonds. The van der Waals surface area contributed by atoms with Crippen LogP contribution in [0.25, 0.3) is 0 Å². The molecule has 0 radical (unpaired) electrons. The van der Waals surface area contributed by atoms with E-state index in [1.165, 1.54) is 20.3 Å². The van der Waals surface area contributed by atoms with Crippen molar-refractivity contribution in [2.45, 2.75) is 6.10 Å². The Labute approximate surface area is 120 Å². The highest BCUT2D eigenvalue weighted by Gasteiger charge is 2.17. The number of nitrogens with one attached hydrogen (secondary N) is 2. The van der Waals surface area contributed by atoms with Crippen LogP contribution in [-0.2, 0) is 9.53 Å². The van der Waals surface area contributed by atoms with Crippen LogP contribution in [0.3, 0.4) is 0 Å². The van der Waals surface area contributed by atoms with Gasteiger partial charge in [-0.1, -0.05) is 11.6 Å². The molecule has 0 aliphatic rings. The van der Waals surface area contributed by atoms with E-state index in [0.717, 1.165) is 0 Å². The molecule has 0 fully saturated rings. The number of anilines is 1. The number of hydrogen-bond donors (Lipinski definition) is 3. The molecule has 7 nitrogen and oxygen atoms in total. The molecule has 1 unspecified atom stereocenters. The third kappa shape index (κ3) is 4.60.